The van der Waals surface area contributed by atoms with Crippen molar-refractivity contribution in [2.24, 2.45) is 0 Å². The average molecular weight is 422 g/mol. The highest BCUT2D eigenvalue weighted by atomic mass is 16.4. The van der Waals surface area contributed by atoms with E-state index in [0.717, 1.165) is 51.9 Å². The second-order valence-electron chi connectivity index (χ2n) is 6.64. The summed E-state index contributed by atoms with van der Waals surface area (Å²) in [5.41, 5.74) is 0. The summed E-state index contributed by atoms with van der Waals surface area (Å²) in [5, 5.41) is 7.42. The molecule has 0 saturated carbocycles. The van der Waals surface area contributed by atoms with E-state index in [1.54, 1.807) is 20.8 Å². The van der Waals surface area contributed by atoms with Gasteiger partial charge < -0.3 is 19.5 Å². The van der Waals surface area contributed by atoms with Crippen molar-refractivity contribution < 1.29 is 25.7 Å². The Balaban J connectivity index is -0.0000000433. The highest BCUT2D eigenvalue weighted by Crippen LogP contribution is 1.92. The third-order valence-electron chi connectivity index (χ3n) is 2.09. The van der Waals surface area contributed by atoms with Crippen molar-refractivity contribution in [3.63, 3.8) is 0 Å². The van der Waals surface area contributed by atoms with Crippen LogP contribution in [0.25, 0.3) is 0 Å². The number of carbonyl (C=O) groups excluding carboxylic acids is 3. The van der Waals surface area contributed by atoms with E-state index in [-0.39, 0.29) is 13.0 Å². The van der Waals surface area contributed by atoms with Crippen LogP contribution in [0.1, 0.15) is 135 Å². The van der Waals surface area contributed by atoms with Crippen molar-refractivity contribution in [2.45, 2.75) is 134 Å². The summed E-state index contributed by atoms with van der Waals surface area (Å²) in [6, 6.07) is 0. The van der Waals surface area contributed by atoms with E-state index in [4.69, 9.17) is 9.90 Å². The fraction of sp³-hybridized carbons (Fsp3) is 0.833. The fourth-order valence-electron chi connectivity index (χ4n) is 1.13. The van der Waals surface area contributed by atoms with Crippen LogP contribution in [0.3, 0.4) is 0 Å². The molecule has 0 heterocycles. The Morgan fingerprint density at radius 2 is 0.759 bits per heavy atom. The Kier molecular flexibility index (Phi) is 65.2. The molecule has 0 radical (unpaired) electrons. The van der Waals surface area contributed by atoms with Gasteiger partial charge in [0.1, 0.15) is 17.3 Å². The van der Waals surface area contributed by atoms with Crippen molar-refractivity contribution in [1.82, 2.24) is 0 Å². The predicted molar refractivity (Wildman–Crippen MR) is 128 cm³/mol. The number of hydrogen-bond acceptors (Lipinski definition) is 4. The summed E-state index contributed by atoms with van der Waals surface area (Å²) in [4.78, 5) is 39.3. The number of Topliss-reactive ketones (excluding diaryl/α,β-unsaturated/α-hetero) is 3. The molecule has 178 valence electrons. The number of ketones is 3. The number of rotatable bonds is 7. The zero-order valence-electron chi connectivity index (χ0n) is 22.4. The van der Waals surface area contributed by atoms with Crippen LogP contribution in [0.4, 0.5) is 0 Å². The van der Waals surface area contributed by atoms with Crippen molar-refractivity contribution in [3.05, 3.63) is 0 Å². The molecule has 0 amide bonds. The minimum Gasteiger partial charge on any atom is -0.481 e. The highest BCUT2D eigenvalue weighted by Gasteiger charge is 1.87. The number of carboxylic acid groups (broad SMARTS) is 1. The van der Waals surface area contributed by atoms with Crippen molar-refractivity contribution in [1.29, 1.82) is 0 Å². The topological polar surface area (TPSA) is 88.5 Å². The molecule has 0 aliphatic rings. The molecule has 0 unspecified atom stereocenters. The lowest BCUT2D eigenvalue weighted by molar-refractivity contribution is -0.134. The maximum Gasteiger partial charge on any atom is 1.00 e. The normalized spacial score (nSPS) is 7.69. The molecule has 1 N–H and O–H groups in total. The van der Waals surface area contributed by atoms with E-state index in [0.29, 0.717) is 5.78 Å². The lowest BCUT2D eigenvalue weighted by Gasteiger charge is -1.86. The highest BCUT2D eigenvalue weighted by molar-refractivity contribution is 5.75. The monoisotopic (exact) mass is 421 g/mol. The Morgan fingerprint density at radius 1 is 0.552 bits per heavy atom. The SMILES string of the molecule is CC(=O)O.CCC.CCC.CCCC(C)=O.CCCC(C)=O.CCCCC(C)=O.[H+]. The molecule has 0 aromatic carbocycles. The molecule has 0 fully saturated rings. The molecule has 0 bridgehead atoms. The van der Waals surface area contributed by atoms with E-state index >= 15 is 0 Å². The van der Waals surface area contributed by atoms with Crippen LogP contribution in [-0.4, -0.2) is 28.4 Å². The summed E-state index contributed by atoms with van der Waals surface area (Å²) in [6.45, 7) is 20.5. The lowest BCUT2D eigenvalue weighted by atomic mass is 10.2. The molecule has 0 spiro atoms. The van der Waals surface area contributed by atoms with E-state index in [9.17, 15) is 14.4 Å². The van der Waals surface area contributed by atoms with Crippen LogP contribution in [-0.2, 0) is 19.2 Å². The number of carbonyl (C=O) groups is 4. The van der Waals surface area contributed by atoms with Gasteiger partial charge in [-0.3, -0.25) is 4.79 Å². The van der Waals surface area contributed by atoms with Crippen LogP contribution < -0.4 is 0 Å². The first-order valence-electron chi connectivity index (χ1n) is 11.1. The van der Waals surface area contributed by atoms with Gasteiger partial charge in [0.05, 0.1) is 0 Å². The van der Waals surface area contributed by atoms with Gasteiger partial charge in [-0.15, -0.1) is 0 Å². The zero-order valence-corrected chi connectivity index (χ0v) is 21.4. The second kappa shape index (κ2) is 45.3. The molecule has 0 aliphatic carbocycles. The summed E-state index contributed by atoms with van der Waals surface area (Å²) < 4.78 is 0. The Morgan fingerprint density at radius 3 is 0.793 bits per heavy atom. The van der Waals surface area contributed by atoms with Crippen LogP contribution in [0, 0.1) is 0 Å². The zero-order chi connectivity index (χ0) is 24.7. The van der Waals surface area contributed by atoms with Crippen LogP contribution in [0.15, 0.2) is 0 Å². The molecule has 5 nitrogen and oxygen atoms in total. The number of unbranched alkanes of at least 4 members (excludes halogenated alkanes) is 1. The summed E-state index contributed by atoms with van der Waals surface area (Å²) in [6.07, 6.45) is 8.87. The molecule has 0 saturated heterocycles. The lowest BCUT2D eigenvalue weighted by Crippen LogP contribution is -1.86. The Labute approximate surface area is 183 Å². The standard InChI is InChI=1S/C6H12O.2C5H10O.2C3H8.C2H4O2/c1-3-4-5-6(2)7;2*1-3-4-5(2)6;2*1-3-2;1-2(3)4/h3-5H2,1-2H3;2*3-4H2,1-2H3;2*3H2,1-2H3;1H3,(H,3,4)/p+1. The predicted octanol–water partition coefficient (Wildman–Crippen LogP) is 7.55. The van der Waals surface area contributed by atoms with E-state index in [1.165, 1.54) is 12.8 Å². The molecular formula is C24H53O5+. The number of hydrogen-bond donors (Lipinski definition) is 1. The van der Waals surface area contributed by atoms with E-state index in [1.807, 2.05) is 13.8 Å². The number of carboxylic acids is 1. The fourth-order valence-corrected chi connectivity index (χ4v) is 1.13. The third kappa shape index (κ3) is 221. The maximum absolute atomic E-state index is 10.2. The van der Waals surface area contributed by atoms with Gasteiger partial charge in [0, 0.05) is 26.2 Å². The molecule has 0 rings (SSSR count). The first kappa shape index (κ1) is 41.8. The quantitative estimate of drug-likeness (QED) is 0.458. The van der Waals surface area contributed by atoms with Crippen molar-refractivity contribution >= 4 is 23.3 Å². The van der Waals surface area contributed by atoms with Gasteiger partial charge in [-0.1, -0.05) is 67.7 Å². The summed E-state index contributed by atoms with van der Waals surface area (Å²) in [7, 11) is 0. The van der Waals surface area contributed by atoms with Gasteiger partial charge in [-0.2, -0.15) is 0 Å². The first-order valence-corrected chi connectivity index (χ1v) is 11.1. The van der Waals surface area contributed by atoms with Gasteiger partial charge in [0.25, 0.3) is 5.97 Å². The maximum atomic E-state index is 10.2. The van der Waals surface area contributed by atoms with Crippen LogP contribution in [0.5, 0.6) is 0 Å². The molecule has 0 aliphatic heterocycles. The smallest absolute Gasteiger partial charge is 0.481 e. The van der Waals surface area contributed by atoms with Crippen LogP contribution >= 0.6 is 0 Å². The molecule has 5 heteroatoms. The summed E-state index contributed by atoms with van der Waals surface area (Å²) in [5.74, 6) is 0.0526. The van der Waals surface area contributed by atoms with Gasteiger partial charge in [-0.05, 0) is 40.0 Å². The van der Waals surface area contributed by atoms with Gasteiger partial charge in [0.15, 0.2) is 0 Å². The van der Waals surface area contributed by atoms with Gasteiger partial charge in [-0.25, -0.2) is 0 Å². The molecular weight excluding hydrogens is 368 g/mol. The van der Waals surface area contributed by atoms with Gasteiger partial charge in [0.2, 0.25) is 0 Å². The van der Waals surface area contributed by atoms with Crippen LogP contribution in [0.2, 0.25) is 0 Å². The first-order chi connectivity index (χ1) is 13.4. The number of aliphatic carboxylic acids is 1. The van der Waals surface area contributed by atoms with Gasteiger partial charge >= 0.3 is 1.43 Å². The Bertz CT molecular complexity index is 320. The second-order valence-corrected chi connectivity index (χ2v) is 6.64. The largest absolute Gasteiger partial charge is 1.00 e. The summed E-state index contributed by atoms with van der Waals surface area (Å²) >= 11 is 0. The molecule has 29 heavy (non-hydrogen) atoms. The minimum absolute atomic E-state index is 0. The molecule has 0 atom stereocenters. The van der Waals surface area contributed by atoms with E-state index in [2.05, 4.69) is 34.6 Å². The average Bonchev–Trinajstić information content (AvgIpc) is 2.54. The third-order valence-corrected chi connectivity index (χ3v) is 2.09. The van der Waals surface area contributed by atoms with Crippen molar-refractivity contribution in [2.75, 3.05) is 0 Å². The molecule has 0 aromatic heterocycles. The van der Waals surface area contributed by atoms with E-state index < -0.39 is 5.97 Å². The minimum atomic E-state index is -0.833. The molecule has 0 aromatic rings. The van der Waals surface area contributed by atoms with Crippen molar-refractivity contribution in [3.8, 4) is 0 Å². The Hall–Kier alpha value is -1.52.